The molecule has 2 aromatic rings. The molecule has 1 unspecified atom stereocenters. The Morgan fingerprint density at radius 3 is 2.19 bits per heavy atom. The lowest BCUT2D eigenvalue weighted by Crippen LogP contribution is -2.25. The molecule has 36 heavy (non-hydrogen) atoms. The van der Waals surface area contributed by atoms with Crippen LogP contribution in [-0.2, 0) is 9.53 Å². The molecule has 1 atom stereocenters. The highest BCUT2D eigenvalue weighted by atomic mass is 19.2. The summed E-state index contributed by atoms with van der Waals surface area (Å²) in [6.07, 6.45) is 8.63. The maximum atomic E-state index is 14.9. The molecule has 1 saturated heterocycles. The van der Waals surface area contributed by atoms with Gasteiger partial charge in [0.05, 0.1) is 12.5 Å². The molecule has 0 amide bonds. The van der Waals surface area contributed by atoms with Gasteiger partial charge in [-0.15, -0.1) is 0 Å². The molecule has 0 radical (unpaired) electrons. The number of epoxide rings is 1. The Hall–Kier alpha value is -2.34. The molecule has 2 aliphatic carbocycles. The smallest absolute Gasteiger partial charge is 0.314 e. The Kier molecular flexibility index (Phi) is 7.71. The number of carbonyl (C=O) groups is 1. The quantitative estimate of drug-likeness (QED) is 0.219. The Labute approximate surface area is 211 Å². The normalized spacial score (nSPS) is 28.1. The van der Waals surface area contributed by atoms with Crippen LogP contribution >= 0.6 is 0 Å². The highest BCUT2D eigenvalue weighted by Crippen LogP contribution is 2.41. The number of halogens is 3. The monoisotopic (exact) mass is 500 g/mol. The first-order chi connectivity index (χ1) is 17.4. The van der Waals surface area contributed by atoms with Crippen LogP contribution in [0.1, 0.15) is 106 Å². The second-order valence-corrected chi connectivity index (χ2v) is 10.9. The number of rotatable bonds is 7. The molecule has 0 bridgehead atoms. The number of carbonyl (C=O) groups excluding carboxylic acids is 1. The fourth-order valence-corrected chi connectivity index (χ4v) is 6.25. The van der Waals surface area contributed by atoms with Gasteiger partial charge in [-0.25, -0.2) is 8.78 Å². The molecule has 6 heteroatoms. The van der Waals surface area contributed by atoms with E-state index in [1.54, 1.807) is 18.2 Å². The Morgan fingerprint density at radius 1 is 0.889 bits per heavy atom. The molecule has 1 heterocycles. The minimum atomic E-state index is -1.07. The lowest BCUT2D eigenvalue weighted by molar-refractivity contribution is -0.140. The number of hydrogen-bond donors (Lipinski definition) is 0. The van der Waals surface area contributed by atoms with Crippen molar-refractivity contribution in [3.05, 3.63) is 64.5 Å². The van der Waals surface area contributed by atoms with Crippen molar-refractivity contribution in [2.24, 2.45) is 11.8 Å². The zero-order valence-corrected chi connectivity index (χ0v) is 20.9. The van der Waals surface area contributed by atoms with Crippen LogP contribution in [0.3, 0.4) is 0 Å². The molecule has 2 aromatic carbocycles. The number of ether oxygens (including phenoxy) is 2. The summed E-state index contributed by atoms with van der Waals surface area (Å²) in [6.45, 7) is 2.74. The average Bonchev–Trinajstić information content (AvgIpc) is 3.73. The van der Waals surface area contributed by atoms with Gasteiger partial charge >= 0.3 is 5.97 Å². The van der Waals surface area contributed by atoms with Crippen molar-refractivity contribution in [1.82, 2.24) is 0 Å². The molecule has 0 aromatic heterocycles. The molecule has 3 aliphatic rings. The van der Waals surface area contributed by atoms with Crippen molar-refractivity contribution in [2.45, 2.75) is 89.1 Å². The van der Waals surface area contributed by atoms with Crippen LogP contribution < -0.4 is 4.74 Å². The lowest BCUT2D eigenvalue weighted by Gasteiger charge is -2.29. The van der Waals surface area contributed by atoms with Crippen molar-refractivity contribution >= 4 is 5.97 Å². The van der Waals surface area contributed by atoms with Crippen molar-refractivity contribution in [1.29, 1.82) is 0 Å². The van der Waals surface area contributed by atoms with E-state index in [0.717, 1.165) is 50.5 Å². The zero-order chi connectivity index (χ0) is 25.2. The third-order valence-corrected chi connectivity index (χ3v) is 8.51. The van der Waals surface area contributed by atoms with E-state index in [9.17, 15) is 18.0 Å². The van der Waals surface area contributed by atoms with Crippen LogP contribution in [0, 0.1) is 29.3 Å². The Balaban J connectivity index is 1.16. The van der Waals surface area contributed by atoms with Crippen molar-refractivity contribution in [3.63, 3.8) is 0 Å². The molecule has 0 spiro atoms. The predicted octanol–water partition coefficient (Wildman–Crippen LogP) is 8.13. The van der Waals surface area contributed by atoms with Gasteiger partial charge in [-0.2, -0.15) is 4.39 Å². The van der Waals surface area contributed by atoms with Gasteiger partial charge in [0, 0.05) is 5.56 Å². The van der Waals surface area contributed by atoms with Crippen LogP contribution in [0.2, 0.25) is 0 Å². The first-order valence-electron chi connectivity index (χ1n) is 13.5. The summed E-state index contributed by atoms with van der Waals surface area (Å²) in [4.78, 5) is 12.8. The van der Waals surface area contributed by atoms with Crippen LogP contribution in [0.25, 0.3) is 0 Å². The molecule has 3 fully saturated rings. The highest BCUT2D eigenvalue weighted by molar-refractivity contribution is 5.75. The molecule has 5 rings (SSSR count). The molecular formula is C30H35F3O3. The standard InChI is InChI=1S/C30H35F3O3/c1-2-3-18-4-6-20(7-5-18)23-14-15-26(29(33)28(23)32)36-30(34)21-10-8-19(9-11-21)22-12-13-24(25(31)16-22)27-17-35-27/h12-16,18-21,27H,2-11,17H2,1H3. The summed E-state index contributed by atoms with van der Waals surface area (Å²) in [6, 6.07) is 8.31. The van der Waals surface area contributed by atoms with Crippen LogP contribution in [0.5, 0.6) is 5.75 Å². The summed E-state index contributed by atoms with van der Waals surface area (Å²) >= 11 is 0. The van der Waals surface area contributed by atoms with E-state index < -0.39 is 17.6 Å². The van der Waals surface area contributed by atoms with Crippen molar-refractivity contribution in [3.8, 4) is 5.75 Å². The Bertz CT molecular complexity index is 1080. The second kappa shape index (κ2) is 11.0. The second-order valence-electron chi connectivity index (χ2n) is 10.9. The average molecular weight is 501 g/mol. The summed E-state index contributed by atoms with van der Waals surface area (Å²) in [5.74, 6) is -2.56. The van der Waals surface area contributed by atoms with Gasteiger partial charge in [0.15, 0.2) is 11.6 Å². The SMILES string of the molecule is CCCC1CCC(c2ccc(OC(=O)C3CCC(c4ccc(C5CO5)c(F)c4)CC3)c(F)c2F)CC1. The van der Waals surface area contributed by atoms with Gasteiger partial charge in [0.1, 0.15) is 11.9 Å². The predicted molar refractivity (Wildman–Crippen MR) is 131 cm³/mol. The molecule has 1 aliphatic heterocycles. The number of esters is 1. The third kappa shape index (κ3) is 5.49. The minimum absolute atomic E-state index is 0.0170. The van der Waals surface area contributed by atoms with E-state index in [-0.39, 0.29) is 35.4 Å². The third-order valence-electron chi connectivity index (χ3n) is 8.51. The molecule has 194 valence electrons. The van der Waals surface area contributed by atoms with Crippen molar-refractivity contribution < 1.29 is 27.4 Å². The van der Waals surface area contributed by atoms with Crippen LogP contribution in [-0.4, -0.2) is 12.6 Å². The summed E-state index contributed by atoms with van der Waals surface area (Å²) in [5, 5.41) is 0. The molecule has 2 saturated carbocycles. The maximum Gasteiger partial charge on any atom is 0.314 e. The minimum Gasteiger partial charge on any atom is -0.423 e. The Morgan fingerprint density at radius 2 is 1.56 bits per heavy atom. The van der Waals surface area contributed by atoms with E-state index in [2.05, 4.69) is 6.92 Å². The molecule has 0 N–H and O–H groups in total. The maximum absolute atomic E-state index is 14.9. The highest BCUT2D eigenvalue weighted by Gasteiger charge is 2.32. The number of hydrogen-bond acceptors (Lipinski definition) is 3. The largest absolute Gasteiger partial charge is 0.423 e. The van der Waals surface area contributed by atoms with Gasteiger partial charge in [-0.3, -0.25) is 4.79 Å². The van der Waals surface area contributed by atoms with Crippen LogP contribution in [0.4, 0.5) is 13.2 Å². The fourth-order valence-electron chi connectivity index (χ4n) is 6.25. The first kappa shape index (κ1) is 25.3. The van der Waals surface area contributed by atoms with E-state index in [0.29, 0.717) is 36.5 Å². The van der Waals surface area contributed by atoms with Gasteiger partial charge in [-0.05, 0) is 92.4 Å². The molecule has 3 nitrogen and oxygen atoms in total. The molecular weight excluding hydrogens is 465 g/mol. The van der Waals surface area contributed by atoms with Gasteiger partial charge < -0.3 is 9.47 Å². The summed E-state index contributed by atoms with van der Waals surface area (Å²) in [7, 11) is 0. The number of benzene rings is 2. The summed E-state index contributed by atoms with van der Waals surface area (Å²) in [5.41, 5.74) is 1.92. The first-order valence-corrected chi connectivity index (χ1v) is 13.5. The van der Waals surface area contributed by atoms with Gasteiger partial charge in [0.25, 0.3) is 0 Å². The summed E-state index contributed by atoms with van der Waals surface area (Å²) < 4.78 is 54.7. The topological polar surface area (TPSA) is 38.8 Å². The fraction of sp³-hybridized carbons (Fsp3) is 0.567. The lowest BCUT2D eigenvalue weighted by atomic mass is 9.77. The zero-order valence-electron chi connectivity index (χ0n) is 20.9. The van der Waals surface area contributed by atoms with E-state index in [4.69, 9.17) is 9.47 Å². The van der Waals surface area contributed by atoms with Crippen LogP contribution in [0.15, 0.2) is 30.3 Å². The van der Waals surface area contributed by atoms with Crippen molar-refractivity contribution in [2.75, 3.05) is 6.61 Å². The van der Waals surface area contributed by atoms with Gasteiger partial charge in [-0.1, -0.05) is 38.0 Å². The van der Waals surface area contributed by atoms with Gasteiger partial charge in [0.2, 0.25) is 5.82 Å². The van der Waals surface area contributed by atoms with E-state index >= 15 is 0 Å². The van der Waals surface area contributed by atoms with E-state index in [1.807, 2.05) is 6.07 Å². The van der Waals surface area contributed by atoms with E-state index in [1.165, 1.54) is 12.5 Å².